The summed E-state index contributed by atoms with van der Waals surface area (Å²) >= 11 is 6.13. The highest BCUT2D eigenvalue weighted by atomic mass is 35.5. The van der Waals surface area contributed by atoms with E-state index in [1.54, 1.807) is 6.20 Å². The highest BCUT2D eigenvalue weighted by Gasteiger charge is 2.56. The van der Waals surface area contributed by atoms with Crippen LogP contribution in [0.3, 0.4) is 0 Å². The van der Waals surface area contributed by atoms with Crippen LogP contribution in [0.1, 0.15) is 62.8 Å². The Morgan fingerprint density at radius 1 is 1.20 bits per heavy atom. The average Bonchev–Trinajstić information content (AvgIpc) is 3.26. The molecule has 9 heteroatoms. The van der Waals surface area contributed by atoms with Crippen LogP contribution in [0.5, 0.6) is 0 Å². The Hall–Kier alpha value is -2.42. The summed E-state index contributed by atoms with van der Waals surface area (Å²) in [5.41, 5.74) is 2.72. The Kier molecular flexibility index (Phi) is 6.18. The van der Waals surface area contributed by atoms with E-state index < -0.39 is 10.0 Å². The fourth-order valence-electron chi connectivity index (χ4n) is 5.18. The van der Waals surface area contributed by atoms with E-state index in [1.165, 1.54) is 23.4 Å². The standard InChI is InChI=1S/C26H31ClN4O3S/c1-25(2,3)22-15-28-23(34-22)16-30-24-21(11-19(27)14-29-24)35(32,33)31-13-18-12-26(18)10-6-8-17-7-4-5-9-20(17)26/h4-5,7,9,11,14-15,18,31H,6,8,10,12-13,16H2,1-3H3,(H,29,30)/t18-,26+/m0/s1. The van der Waals surface area contributed by atoms with Gasteiger partial charge in [-0.05, 0) is 48.8 Å². The van der Waals surface area contributed by atoms with Gasteiger partial charge >= 0.3 is 0 Å². The van der Waals surface area contributed by atoms with E-state index in [9.17, 15) is 8.42 Å². The quantitative estimate of drug-likeness (QED) is 0.449. The highest BCUT2D eigenvalue weighted by molar-refractivity contribution is 7.89. The molecule has 2 aromatic heterocycles. The molecular weight excluding hydrogens is 484 g/mol. The lowest BCUT2D eigenvalue weighted by molar-refractivity contribution is 0.385. The molecule has 0 aliphatic heterocycles. The van der Waals surface area contributed by atoms with Crippen LogP contribution in [0.15, 0.2) is 52.0 Å². The molecule has 0 bridgehead atoms. The van der Waals surface area contributed by atoms with Gasteiger partial charge in [0.05, 0.1) is 17.8 Å². The second-order valence-electron chi connectivity index (χ2n) is 10.6. The van der Waals surface area contributed by atoms with E-state index in [0.717, 1.165) is 31.4 Å². The number of hydrogen-bond donors (Lipinski definition) is 2. The number of nitrogens with one attached hydrogen (secondary N) is 2. The Morgan fingerprint density at radius 2 is 2.00 bits per heavy atom. The van der Waals surface area contributed by atoms with Crippen molar-refractivity contribution in [3.05, 3.63) is 70.5 Å². The molecule has 1 saturated carbocycles. The fraction of sp³-hybridized carbons (Fsp3) is 0.462. The van der Waals surface area contributed by atoms with Gasteiger partial charge in [-0.25, -0.2) is 23.1 Å². The van der Waals surface area contributed by atoms with E-state index in [0.29, 0.717) is 12.4 Å². The predicted molar refractivity (Wildman–Crippen MR) is 136 cm³/mol. The van der Waals surface area contributed by atoms with Gasteiger partial charge in [-0.15, -0.1) is 0 Å². The average molecular weight is 515 g/mol. The van der Waals surface area contributed by atoms with E-state index in [1.807, 2.05) is 20.8 Å². The number of fused-ring (bicyclic) bond motifs is 2. The number of nitrogens with zero attached hydrogens (tertiary/aromatic N) is 2. The molecule has 2 aliphatic carbocycles. The molecule has 1 spiro atoms. The van der Waals surface area contributed by atoms with E-state index >= 15 is 0 Å². The van der Waals surface area contributed by atoms with Gasteiger partial charge in [0, 0.05) is 23.6 Å². The van der Waals surface area contributed by atoms with Crippen LogP contribution < -0.4 is 10.0 Å². The van der Waals surface area contributed by atoms with Gasteiger partial charge in [-0.3, -0.25) is 0 Å². The van der Waals surface area contributed by atoms with Crippen molar-refractivity contribution in [1.29, 1.82) is 0 Å². The van der Waals surface area contributed by atoms with Crippen molar-refractivity contribution in [2.45, 2.75) is 68.7 Å². The number of anilines is 1. The first-order chi connectivity index (χ1) is 16.6. The smallest absolute Gasteiger partial charge is 0.244 e. The molecule has 186 valence electrons. The first kappa shape index (κ1) is 24.3. The van der Waals surface area contributed by atoms with Crippen LogP contribution in [-0.4, -0.2) is 24.9 Å². The van der Waals surface area contributed by atoms with Crippen LogP contribution in [0.2, 0.25) is 5.02 Å². The van der Waals surface area contributed by atoms with Gasteiger partial charge in [0.15, 0.2) is 0 Å². The van der Waals surface area contributed by atoms with Crippen molar-refractivity contribution in [3.63, 3.8) is 0 Å². The van der Waals surface area contributed by atoms with Crippen molar-refractivity contribution in [1.82, 2.24) is 14.7 Å². The normalized spacial score (nSPS) is 21.7. The summed E-state index contributed by atoms with van der Waals surface area (Å²) in [5, 5.41) is 3.31. The van der Waals surface area contributed by atoms with Gasteiger partial charge in [0.2, 0.25) is 15.9 Å². The van der Waals surface area contributed by atoms with Gasteiger partial charge < -0.3 is 9.73 Å². The molecule has 5 rings (SSSR count). The van der Waals surface area contributed by atoms with Crippen molar-refractivity contribution in [2.75, 3.05) is 11.9 Å². The first-order valence-corrected chi connectivity index (χ1v) is 13.9. The van der Waals surface area contributed by atoms with Gasteiger partial charge in [0.1, 0.15) is 16.5 Å². The summed E-state index contributed by atoms with van der Waals surface area (Å²) < 4.78 is 35.3. The SMILES string of the molecule is CC(C)(C)c1cnc(CNc2ncc(Cl)cc2S(=O)(=O)NC[C@@H]2C[C@]23CCCc2ccccc23)o1. The zero-order valence-corrected chi connectivity index (χ0v) is 21.8. The first-order valence-electron chi connectivity index (χ1n) is 12.0. The molecule has 0 amide bonds. The Morgan fingerprint density at radius 3 is 2.77 bits per heavy atom. The van der Waals surface area contributed by atoms with Crippen LogP contribution in [0.25, 0.3) is 0 Å². The molecule has 0 unspecified atom stereocenters. The number of halogens is 1. The molecule has 0 saturated heterocycles. The molecule has 2 heterocycles. The summed E-state index contributed by atoms with van der Waals surface area (Å²) in [6.45, 7) is 6.71. The fourth-order valence-corrected chi connectivity index (χ4v) is 6.64. The van der Waals surface area contributed by atoms with Crippen molar-refractivity contribution in [3.8, 4) is 0 Å². The maximum Gasteiger partial charge on any atom is 0.244 e. The van der Waals surface area contributed by atoms with Gasteiger partial charge in [-0.2, -0.15) is 0 Å². The summed E-state index contributed by atoms with van der Waals surface area (Å²) in [6.07, 6.45) is 7.47. The van der Waals surface area contributed by atoms with E-state index in [2.05, 4.69) is 44.3 Å². The topological polar surface area (TPSA) is 97.1 Å². The summed E-state index contributed by atoms with van der Waals surface area (Å²) in [6, 6.07) is 10.00. The molecule has 1 fully saturated rings. The molecule has 35 heavy (non-hydrogen) atoms. The van der Waals surface area contributed by atoms with Crippen LogP contribution in [-0.2, 0) is 33.8 Å². The second kappa shape index (κ2) is 8.91. The number of pyridine rings is 1. The number of aryl methyl sites for hydroxylation is 1. The monoisotopic (exact) mass is 514 g/mol. The van der Waals surface area contributed by atoms with Crippen molar-refractivity contribution >= 4 is 27.4 Å². The molecule has 7 nitrogen and oxygen atoms in total. The van der Waals surface area contributed by atoms with Crippen LogP contribution in [0, 0.1) is 5.92 Å². The summed E-state index contributed by atoms with van der Waals surface area (Å²) in [7, 11) is -3.83. The molecule has 1 aromatic carbocycles. The minimum atomic E-state index is -3.83. The van der Waals surface area contributed by atoms with E-state index in [4.69, 9.17) is 16.0 Å². The number of aromatic nitrogens is 2. The highest BCUT2D eigenvalue weighted by Crippen LogP contribution is 2.60. The second-order valence-corrected chi connectivity index (χ2v) is 12.8. The minimum Gasteiger partial charge on any atom is -0.443 e. The number of benzene rings is 1. The third-order valence-corrected chi connectivity index (χ3v) is 8.83. The maximum absolute atomic E-state index is 13.3. The van der Waals surface area contributed by atoms with Crippen molar-refractivity contribution in [2.24, 2.45) is 5.92 Å². The Bertz CT molecular complexity index is 1350. The zero-order chi connectivity index (χ0) is 24.8. The number of sulfonamides is 1. The lowest BCUT2D eigenvalue weighted by Gasteiger charge is -2.26. The largest absolute Gasteiger partial charge is 0.443 e. The Balaban J connectivity index is 1.29. The number of oxazole rings is 1. The third-order valence-electron chi connectivity index (χ3n) is 7.18. The van der Waals surface area contributed by atoms with Crippen LogP contribution in [0.4, 0.5) is 5.82 Å². The van der Waals surface area contributed by atoms with Gasteiger partial charge in [-0.1, -0.05) is 56.6 Å². The number of hydrogen-bond acceptors (Lipinski definition) is 6. The Labute approximate surface area is 211 Å². The summed E-state index contributed by atoms with van der Waals surface area (Å²) in [5.74, 6) is 1.71. The third kappa shape index (κ3) is 4.84. The lowest BCUT2D eigenvalue weighted by Crippen LogP contribution is -2.30. The van der Waals surface area contributed by atoms with Crippen LogP contribution >= 0.6 is 11.6 Å². The van der Waals surface area contributed by atoms with Gasteiger partial charge in [0.25, 0.3) is 0 Å². The molecule has 2 N–H and O–H groups in total. The molecule has 3 aromatic rings. The van der Waals surface area contributed by atoms with E-state index in [-0.39, 0.29) is 39.0 Å². The zero-order valence-electron chi connectivity index (χ0n) is 20.3. The maximum atomic E-state index is 13.3. The molecule has 2 atom stereocenters. The molecular formula is C26H31ClN4O3S. The lowest BCUT2D eigenvalue weighted by atomic mass is 9.79. The number of rotatable bonds is 7. The summed E-state index contributed by atoms with van der Waals surface area (Å²) in [4.78, 5) is 8.55. The minimum absolute atomic E-state index is 0.0198. The molecule has 2 aliphatic rings. The van der Waals surface area contributed by atoms with Crippen molar-refractivity contribution < 1.29 is 12.8 Å². The molecule has 0 radical (unpaired) electrons. The predicted octanol–water partition coefficient (Wildman–Crippen LogP) is 5.21.